The largest absolute Gasteiger partial charge is 0.339 e. The van der Waals surface area contributed by atoms with Gasteiger partial charge in [-0.3, -0.25) is 0 Å². The summed E-state index contributed by atoms with van der Waals surface area (Å²) in [5.41, 5.74) is 8.71. The number of aromatic nitrogens is 2. The highest BCUT2D eigenvalue weighted by Crippen LogP contribution is 2.42. The fraction of sp³-hybridized carbons (Fsp3) is 0.500. The second-order valence-corrected chi connectivity index (χ2v) is 6.17. The number of rotatable bonds is 3. The number of benzene rings is 1. The molecule has 1 aromatic carbocycles. The van der Waals surface area contributed by atoms with E-state index in [0.29, 0.717) is 12.5 Å². The Hall–Kier alpha value is -1.68. The molecule has 104 valence electrons. The van der Waals surface area contributed by atoms with Crippen LogP contribution in [-0.2, 0) is 18.3 Å². The van der Waals surface area contributed by atoms with Gasteiger partial charge in [0, 0.05) is 12.5 Å². The first-order valence-electron chi connectivity index (χ1n) is 7.42. The van der Waals surface area contributed by atoms with E-state index in [0.717, 1.165) is 37.4 Å². The van der Waals surface area contributed by atoms with Gasteiger partial charge in [-0.15, -0.1) is 0 Å². The molecule has 4 heteroatoms. The average molecular weight is 269 g/mol. The number of fused-ring (bicyclic) bond motifs is 1. The van der Waals surface area contributed by atoms with E-state index in [-0.39, 0.29) is 5.41 Å². The van der Waals surface area contributed by atoms with E-state index in [2.05, 4.69) is 34.4 Å². The first-order valence-corrected chi connectivity index (χ1v) is 7.42. The van der Waals surface area contributed by atoms with Crippen LogP contribution < -0.4 is 5.73 Å². The molecule has 4 nitrogen and oxygen atoms in total. The summed E-state index contributed by atoms with van der Waals surface area (Å²) < 4.78 is 5.53. The third kappa shape index (κ3) is 1.71. The van der Waals surface area contributed by atoms with E-state index in [4.69, 9.17) is 10.3 Å². The minimum absolute atomic E-state index is 0.0310. The summed E-state index contributed by atoms with van der Waals surface area (Å²) in [6.45, 7) is 0.611. The normalized spacial score (nSPS) is 20.6. The van der Waals surface area contributed by atoms with Crippen LogP contribution in [0.2, 0.25) is 0 Å². The second-order valence-electron chi connectivity index (χ2n) is 6.17. The highest BCUT2D eigenvalue weighted by molar-refractivity contribution is 5.35. The van der Waals surface area contributed by atoms with Gasteiger partial charge in [0.05, 0.1) is 5.41 Å². The lowest BCUT2D eigenvalue weighted by atomic mass is 9.69. The third-order valence-corrected chi connectivity index (χ3v) is 5.01. The molecule has 1 fully saturated rings. The van der Waals surface area contributed by atoms with E-state index < -0.39 is 0 Å². The first-order chi connectivity index (χ1) is 9.81. The number of hydrogen-bond donors (Lipinski definition) is 1. The zero-order valence-electron chi connectivity index (χ0n) is 11.5. The van der Waals surface area contributed by atoms with Gasteiger partial charge in [-0.25, -0.2) is 0 Å². The molecule has 0 spiro atoms. The van der Waals surface area contributed by atoms with Crippen LogP contribution in [0.3, 0.4) is 0 Å². The Balaban J connectivity index is 1.58. The van der Waals surface area contributed by atoms with E-state index in [1.165, 1.54) is 17.5 Å². The van der Waals surface area contributed by atoms with Gasteiger partial charge in [-0.2, -0.15) is 4.98 Å². The van der Waals surface area contributed by atoms with E-state index in [1.807, 2.05) is 0 Å². The van der Waals surface area contributed by atoms with Gasteiger partial charge in [0.2, 0.25) is 5.89 Å². The smallest absolute Gasteiger partial charge is 0.234 e. The van der Waals surface area contributed by atoms with Crippen LogP contribution in [0.25, 0.3) is 0 Å². The zero-order chi connectivity index (χ0) is 13.6. The van der Waals surface area contributed by atoms with Crippen LogP contribution >= 0.6 is 0 Å². The Bertz CT molecular complexity index is 600. The summed E-state index contributed by atoms with van der Waals surface area (Å²) in [4.78, 5) is 4.68. The van der Waals surface area contributed by atoms with E-state index in [1.54, 1.807) is 0 Å². The molecule has 1 aromatic heterocycles. The van der Waals surface area contributed by atoms with Crippen molar-refractivity contribution in [3.8, 4) is 0 Å². The fourth-order valence-electron chi connectivity index (χ4n) is 3.47. The van der Waals surface area contributed by atoms with E-state index in [9.17, 15) is 0 Å². The molecular weight excluding hydrogens is 250 g/mol. The van der Waals surface area contributed by atoms with Gasteiger partial charge in [0.15, 0.2) is 5.82 Å². The lowest BCUT2D eigenvalue weighted by Crippen LogP contribution is -2.41. The molecule has 4 rings (SSSR count). The van der Waals surface area contributed by atoms with E-state index >= 15 is 0 Å². The van der Waals surface area contributed by atoms with Crippen molar-refractivity contribution in [2.75, 3.05) is 6.54 Å². The second kappa shape index (κ2) is 4.42. The molecule has 2 N–H and O–H groups in total. The van der Waals surface area contributed by atoms with Crippen LogP contribution in [0.1, 0.15) is 48.0 Å². The number of hydrogen-bond acceptors (Lipinski definition) is 4. The molecule has 2 aromatic rings. The first kappa shape index (κ1) is 12.1. The SMILES string of the molecule is NCC1(c2nc(C3Cc4ccccc4C3)no2)CCC1. The molecule has 20 heavy (non-hydrogen) atoms. The highest BCUT2D eigenvalue weighted by atomic mass is 16.5. The topological polar surface area (TPSA) is 64.9 Å². The van der Waals surface area contributed by atoms with Crippen molar-refractivity contribution >= 4 is 0 Å². The van der Waals surface area contributed by atoms with Gasteiger partial charge < -0.3 is 10.3 Å². The number of nitrogens with two attached hydrogens (primary N) is 1. The van der Waals surface area contributed by atoms with Crippen LogP contribution in [0, 0.1) is 0 Å². The molecule has 0 saturated heterocycles. The monoisotopic (exact) mass is 269 g/mol. The summed E-state index contributed by atoms with van der Waals surface area (Å²) in [7, 11) is 0. The predicted octanol–water partition coefficient (Wildman–Crippen LogP) is 2.33. The molecule has 0 atom stereocenters. The Morgan fingerprint density at radius 3 is 2.45 bits per heavy atom. The van der Waals surface area contributed by atoms with Crippen molar-refractivity contribution in [2.45, 2.75) is 43.4 Å². The summed E-state index contributed by atoms with van der Waals surface area (Å²) in [6.07, 6.45) is 5.41. The van der Waals surface area contributed by atoms with Crippen molar-refractivity contribution in [3.05, 3.63) is 47.1 Å². The maximum absolute atomic E-state index is 5.90. The minimum Gasteiger partial charge on any atom is -0.339 e. The Kier molecular flexibility index (Phi) is 2.67. The van der Waals surface area contributed by atoms with Gasteiger partial charge in [-0.05, 0) is 36.8 Å². The maximum atomic E-state index is 5.90. The summed E-state index contributed by atoms with van der Waals surface area (Å²) in [5, 5.41) is 4.24. The molecule has 0 radical (unpaired) electrons. The Morgan fingerprint density at radius 2 is 1.90 bits per heavy atom. The average Bonchev–Trinajstić information content (AvgIpc) is 3.04. The molecule has 0 amide bonds. The molecule has 2 aliphatic carbocycles. The summed E-state index contributed by atoms with van der Waals surface area (Å²) in [6, 6.07) is 8.59. The molecule has 1 saturated carbocycles. The molecule has 0 unspecified atom stereocenters. The number of nitrogens with zero attached hydrogens (tertiary/aromatic N) is 2. The fourth-order valence-corrected chi connectivity index (χ4v) is 3.47. The van der Waals surface area contributed by atoms with Crippen LogP contribution in [-0.4, -0.2) is 16.7 Å². The van der Waals surface area contributed by atoms with Crippen LogP contribution in [0.4, 0.5) is 0 Å². The van der Waals surface area contributed by atoms with Gasteiger partial charge in [-0.1, -0.05) is 35.8 Å². The Morgan fingerprint density at radius 1 is 1.20 bits per heavy atom. The van der Waals surface area contributed by atoms with Crippen LogP contribution in [0.5, 0.6) is 0 Å². The zero-order valence-corrected chi connectivity index (χ0v) is 11.5. The molecule has 0 bridgehead atoms. The molecule has 2 aliphatic rings. The maximum Gasteiger partial charge on any atom is 0.234 e. The predicted molar refractivity (Wildman–Crippen MR) is 75.5 cm³/mol. The van der Waals surface area contributed by atoms with Crippen molar-refractivity contribution < 1.29 is 4.52 Å². The lowest BCUT2D eigenvalue weighted by Gasteiger charge is -2.36. The standard InChI is InChI=1S/C16H19N3O/c17-10-16(6-3-7-16)15-18-14(19-20-15)13-8-11-4-1-2-5-12(11)9-13/h1-2,4-5,13H,3,6-10,17H2. The minimum atomic E-state index is -0.0310. The van der Waals surface area contributed by atoms with Gasteiger partial charge in [0.1, 0.15) is 0 Å². The van der Waals surface area contributed by atoms with Crippen molar-refractivity contribution in [2.24, 2.45) is 5.73 Å². The quantitative estimate of drug-likeness (QED) is 0.928. The molecular formula is C16H19N3O. The molecule has 0 aliphatic heterocycles. The van der Waals surface area contributed by atoms with Crippen molar-refractivity contribution in [1.29, 1.82) is 0 Å². The van der Waals surface area contributed by atoms with Gasteiger partial charge in [0.25, 0.3) is 0 Å². The molecule has 1 heterocycles. The van der Waals surface area contributed by atoms with Crippen molar-refractivity contribution in [3.63, 3.8) is 0 Å². The highest BCUT2D eigenvalue weighted by Gasteiger charge is 2.43. The third-order valence-electron chi connectivity index (χ3n) is 5.01. The summed E-state index contributed by atoms with van der Waals surface area (Å²) in [5.74, 6) is 1.98. The lowest BCUT2D eigenvalue weighted by molar-refractivity contribution is 0.181. The van der Waals surface area contributed by atoms with Crippen molar-refractivity contribution in [1.82, 2.24) is 10.1 Å². The van der Waals surface area contributed by atoms with Gasteiger partial charge >= 0.3 is 0 Å². The van der Waals surface area contributed by atoms with Crippen LogP contribution in [0.15, 0.2) is 28.8 Å². The summed E-state index contributed by atoms with van der Waals surface area (Å²) >= 11 is 0. The Labute approximate surface area is 118 Å².